The summed E-state index contributed by atoms with van der Waals surface area (Å²) in [5.74, 6) is -0.438. The summed E-state index contributed by atoms with van der Waals surface area (Å²) in [5.41, 5.74) is 0.848. The largest absolute Gasteiger partial charge is 0.338 e. The summed E-state index contributed by atoms with van der Waals surface area (Å²) in [4.78, 5) is 31.2. The molecule has 0 spiro atoms. The number of halogens is 1. The number of carbonyl (C=O) groups is 2. The molecule has 1 aromatic heterocycles. The topological polar surface area (TPSA) is 52.7 Å². The average Bonchev–Trinajstić information content (AvgIpc) is 3.11. The average molecular weight is 420 g/mol. The lowest BCUT2D eigenvalue weighted by Crippen LogP contribution is -2.50. The molecule has 5 nitrogen and oxygen atoms in total. The molecule has 2 aromatic rings. The Morgan fingerprint density at radius 2 is 1.79 bits per heavy atom. The van der Waals surface area contributed by atoms with E-state index in [4.69, 9.17) is 0 Å². The molecule has 1 heterocycles. The van der Waals surface area contributed by atoms with Crippen LogP contribution in [0.4, 0.5) is 9.18 Å². The molecular formula is C22H30FN3O2S. The number of carbonyl (C=O) groups excluding carboxylic acids is 2. The highest BCUT2D eigenvalue weighted by atomic mass is 32.1. The Morgan fingerprint density at radius 1 is 1.10 bits per heavy atom. The van der Waals surface area contributed by atoms with Crippen LogP contribution in [0.15, 0.2) is 36.4 Å². The number of hydrogen-bond donors (Lipinski definition) is 1. The molecule has 0 aliphatic carbocycles. The number of rotatable bonds is 9. The quantitative estimate of drug-likeness (QED) is 0.648. The molecule has 0 saturated heterocycles. The molecule has 2 rings (SSSR count). The first-order valence-electron chi connectivity index (χ1n) is 9.96. The number of nitrogens with one attached hydrogen (secondary N) is 1. The van der Waals surface area contributed by atoms with Crippen LogP contribution >= 0.6 is 11.3 Å². The third-order valence-corrected chi connectivity index (χ3v) is 5.78. The highest BCUT2D eigenvalue weighted by molar-refractivity contribution is 7.11. The molecule has 1 atom stereocenters. The molecule has 3 amide bonds. The first-order valence-corrected chi connectivity index (χ1v) is 10.8. The summed E-state index contributed by atoms with van der Waals surface area (Å²) >= 11 is 1.64. The second kappa shape index (κ2) is 11.0. The van der Waals surface area contributed by atoms with E-state index in [2.05, 4.69) is 5.32 Å². The summed E-state index contributed by atoms with van der Waals surface area (Å²) in [6.07, 6.45) is 0.756. The van der Waals surface area contributed by atoms with Gasteiger partial charge in [0.15, 0.2) is 0 Å². The van der Waals surface area contributed by atoms with Gasteiger partial charge in [0, 0.05) is 28.9 Å². The zero-order chi connectivity index (χ0) is 21.4. The minimum absolute atomic E-state index is 0.00634. The molecule has 0 bridgehead atoms. The van der Waals surface area contributed by atoms with Crippen LogP contribution in [-0.4, -0.2) is 40.9 Å². The van der Waals surface area contributed by atoms with Gasteiger partial charge in [0.2, 0.25) is 5.91 Å². The van der Waals surface area contributed by atoms with Gasteiger partial charge in [-0.15, -0.1) is 11.3 Å². The second-order valence-electron chi connectivity index (χ2n) is 7.11. The summed E-state index contributed by atoms with van der Waals surface area (Å²) in [6.45, 7) is 9.15. The van der Waals surface area contributed by atoms with Crippen LogP contribution in [0.1, 0.15) is 42.5 Å². The van der Waals surface area contributed by atoms with Gasteiger partial charge in [0.25, 0.3) is 0 Å². The molecular weight excluding hydrogens is 389 g/mol. The lowest BCUT2D eigenvalue weighted by atomic mass is 10.2. The van der Waals surface area contributed by atoms with Crippen molar-refractivity contribution in [2.45, 2.75) is 53.2 Å². The number of urea groups is 1. The van der Waals surface area contributed by atoms with Crippen molar-refractivity contribution in [3.8, 4) is 0 Å². The molecule has 0 fully saturated rings. The third-order valence-electron chi connectivity index (χ3n) is 4.80. The number of thiophene rings is 1. The SMILES string of the molecule is CCNC(=O)N(CC(=O)N(Cc1ccc(F)cc1)Cc1ccc(C)s1)C(C)CC. The predicted molar refractivity (Wildman–Crippen MR) is 115 cm³/mol. The van der Waals surface area contributed by atoms with E-state index >= 15 is 0 Å². The van der Waals surface area contributed by atoms with Gasteiger partial charge in [0.05, 0.1) is 6.54 Å². The molecule has 29 heavy (non-hydrogen) atoms. The smallest absolute Gasteiger partial charge is 0.318 e. The molecule has 7 heteroatoms. The van der Waals surface area contributed by atoms with Gasteiger partial charge in [-0.05, 0) is 57.0 Å². The standard InChI is InChI=1S/C22H30FN3O2S/c1-5-16(3)26(22(28)24-6-2)15-21(27)25(14-20-12-7-17(4)29-20)13-18-8-10-19(23)11-9-18/h7-12,16H,5-6,13-15H2,1-4H3,(H,24,28). The van der Waals surface area contributed by atoms with Crippen LogP contribution in [0.2, 0.25) is 0 Å². The maximum atomic E-state index is 13.3. The summed E-state index contributed by atoms with van der Waals surface area (Å²) in [6, 6.07) is 9.92. The molecule has 0 radical (unpaired) electrons. The van der Waals surface area contributed by atoms with Crippen molar-refractivity contribution >= 4 is 23.3 Å². The minimum atomic E-state index is -0.306. The lowest BCUT2D eigenvalue weighted by Gasteiger charge is -2.31. The van der Waals surface area contributed by atoms with E-state index in [-0.39, 0.29) is 30.3 Å². The van der Waals surface area contributed by atoms with Crippen LogP contribution in [0.3, 0.4) is 0 Å². The molecule has 1 aromatic carbocycles. The maximum absolute atomic E-state index is 13.3. The fourth-order valence-corrected chi connectivity index (χ4v) is 3.85. The zero-order valence-electron chi connectivity index (χ0n) is 17.6. The van der Waals surface area contributed by atoms with Crippen LogP contribution in [0.5, 0.6) is 0 Å². The van der Waals surface area contributed by atoms with Crippen molar-refractivity contribution in [2.75, 3.05) is 13.1 Å². The predicted octanol–water partition coefficient (Wildman–Crippen LogP) is 4.55. The van der Waals surface area contributed by atoms with E-state index in [1.807, 2.05) is 39.8 Å². The molecule has 0 saturated carbocycles. The highest BCUT2D eigenvalue weighted by Crippen LogP contribution is 2.19. The maximum Gasteiger partial charge on any atom is 0.318 e. The molecule has 158 valence electrons. The zero-order valence-corrected chi connectivity index (χ0v) is 18.4. The van der Waals surface area contributed by atoms with Crippen molar-refractivity contribution in [1.82, 2.24) is 15.1 Å². The number of hydrogen-bond acceptors (Lipinski definition) is 3. The van der Waals surface area contributed by atoms with Crippen molar-refractivity contribution in [3.05, 3.63) is 57.5 Å². The number of aryl methyl sites for hydroxylation is 1. The normalized spacial score (nSPS) is 11.8. The van der Waals surface area contributed by atoms with Gasteiger partial charge in [-0.1, -0.05) is 19.1 Å². The molecule has 1 unspecified atom stereocenters. The molecule has 0 aliphatic rings. The van der Waals surface area contributed by atoms with Gasteiger partial charge in [0.1, 0.15) is 12.4 Å². The van der Waals surface area contributed by atoms with Crippen LogP contribution in [-0.2, 0) is 17.9 Å². The Balaban J connectivity index is 2.21. The Morgan fingerprint density at radius 3 is 2.34 bits per heavy atom. The fraction of sp³-hybridized carbons (Fsp3) is 0.455. The van der Waals surface area contributed by atoms with Crippen molar-refractivity contribution < 1.29 is 14.0 Å². The third kappa shape index (κ3) is 6.85. The summed E-state index contributed by atoms with van der Waals surface area (Å²) in [5, 5.41) is 2.79. The fourth-order valence-electron chi connectivity index (χ4n) is 2.95. The van der Waals surface area contributed by atoms with Crippen LogP contribution < -0.4 is 5.32 Å². The van der Waals surface area contributed by atoms with Gasteiger partial charge >= 0.3 is 6.03 Å². The van der Waals surface area contributed by atoms with Gasteiger partial charge < -0.3 is 15.1 Å². The van der Waals surface area contributed by atoms with Crippen LogP contribution in [0.25, 0.3) is 0 Å². The van der Waals surface area contributed by atoms with E-state index in [0.29, 0.717) is 19.6 Å². The second-order valence-corrected chi connectivity index (χ2v) is 8.48. The van der Waals surface area contributed by atoms with Gasteiger partial charge in [-0.2, -0.15) is 0 Å². The monoisotopic (exact) mass is 419 g/mol. The number of amides is 3. The van der Waals surface area contributed by atoms with E-state index in [1.54, 1.807) is 33.3 Å². The first-order chi connectivity index (χ1) is 13.8. The van der Waals surface area contributed by atoms with Crippen LogP contribution in [0, 0.1) is 12.7 Å². The van der Waals surface area contributed by atoms with E-state index in [9.17, 15) is 14.0 Å². The Bertz CT molecular complexity index is 807. The Hall–Kier alpha value is -2.41. The van der Waals surface area contributed by atoms with E-state index < -0.39 is 0 Å². The number of nitrogens with zero attached hydrogens (tertiary/aromatic N) is 2. The summed E-state index contributed by atoms with van der Waals surface area (Å²) in [7, 11) is 0. The van der Waals surface area contributed by atoms with Gasteiger partial charge in [-0.3, -0.25) is 4.79 Å². The molecule has 1 N–H and O–H groups in total. The highest BCUT2D eigenvalue weighted by Gasteiger charge is 2.25. The van der Waals surface area contributed by atoms with Gasteiger partial charge in [-0.25, -0.2) is 9.18 Å². The number of benzene rings is 1. The van der Waals surface area contributed by atoms with Crippen molar-refractivity contribution in [2.24, 2.45) is 0 Å². The minimum Gasteiger partial charge on any atom is -0.338 e. The Kier molecular flexibility index (Phi) is 8.64. The lowest BCUT2D eigenvalue weighted by molar-refractivity contribution is -0.133. The van der Waals surface area contributed by atoms with E-state index in [1.165, 1.54) is 17.0 Å². The van der Waals surface area contributed by atoms with E-state index in [0.717, 1.165) is 16.9 Å². The first kappa shape index (κ1) is 22.9. The van der Waals surface area contributed by atoms with Crippen molar-refractivity contribution in [1.29, 1.82) is 0 Å². The Labute approximate surface area is 176 Å². The van der Waals surface area contributed by atoms with Crippen molar-refractivity contribution in [3.63, 3.8) is 0 Å². The molecule has 0 aliphatic heterocycles. The summed E-state index contributed by atoms with van der Waals surface area (Å²) < 4.78 is 13.3.